The minimum atomic E-state index is -0.417. The first-order valence-corrected chi connectivity index (χ1v) is 8.72. The lowest BCUT2D eigenvalue weighted by atomic mass is 10.2. The van der Waals surface area contributed by atoms with Crippen molar-refractivity contribution in [1.82, 2.24) is 15.1 Å². The van der Waals surface area contributed by atoms with Crippen molar-refractivity contribution in [2.45, 2.75) is 46.1 Å². The van der Waals surface area contributed by atoms with Gasteiger partial charge in [0.05, 0.1) is 12.3 Å². The Morgan fingerprint density at radius 1 is 1.32 bits per heavy atom. The second-order valence-corrected chi connectivity index (χ2v) is 6.12. The molecule has 1 amide bonds. The molecule has 1 aromatic carbocycles. The monoisotopic (exact) mass is 347 g/mol. The van der Waals surface area contributed by atoms with E-state index in [1.54, 1.807) is 31.3 Å². The Hall–Kier alpha value is -2.37. The number of carbonyl (C=O) groups is 1. The molecule has 6 heteroatoms. The van der Waals surface area contributed by atoms with Crippen LogP contribution in [-0.2, 0) is 13.6 Å². The van der Waals surface area contributed by atoms with Crippen LogP contribution in [0.4, 0.5) is 4.39 Å². The molecule has 0 bridgehead atoms. The van der Waals surface area contributed by atoms with Gasteiger partial charge in [0.1, 0.15) is 5.69 Å². The van der Waals surface area contributed by atoms with Gasteiger partial charge in [0, 0.05) is 19.2 Å². The van der Waals surface area contributed by atoms with Crippen LogP contribution in [0.5, 0.6) is 5.75 Å². The Morgan fingerprint density at radius 2 is 2.12 bits per heavy atom. The number of carbonyl (C=O) groups excluding carboxylic acids is 1. The number of aryl methyl sites for hydroxylation is 2. The van der Waals surface area contributed by atoms with Crippen molar-refractivity contribution in [3.05, 3.63) is 47.0 Å². The molecule has 0 saturated carbocycles. The Labute approximate surface area is 148 Å². The normalized spacial score (nSPS) is 10.7. The molecule has 0 unspecified atom stereocenters. The van der Waals surface area contributed by atoms with Crippen molar-refractivity contribution in [2.24, 2.45) is 7.05 Å². The molecule has 0 saturated heterocycles. The molecule has 136 valence electrons. The fourth-order valence-corrected chi connectivity index (χ4v) is 2.60. The van der Waals surface area contributed by atoms with E-state index in [1.165, 1.54) is 4.68 Å². The van der Waals surface area contributed by atoms with Gasteiger partial charge in [-0.2, -0.15) is 5.10 Å². The van der Waals surface area contributed by atoms with Crippen LogP contribution >= 0.6 is 0 Å². The standard InChI is InChI=1S/C19H26FN3O2/c1-4-5-6-7-11-25-17-10-8-9-15(18(17)20)13-21-19(24)16-12-14(2)22-23(16)3/h8-10,12H,4-7,11,13H2,1-3H3,(H,21,24). The van der Waals surface area contributed by atoms with E-state index in [2.05, 4.69) is 17.3 Å². The molecule has 25 heavy (non-hydrogen) atoms. The summed E-state index contributed by atoms with van der Waals surface area (Å²) >= 11 is 0. The number of unbranched alkanes of at least 4 members (excludes halogenated alkanes) is 3. The molecule has 0 fully saturated rings. The molecule has 1 aromatic heterocycles. The lowest BCUT2D eigenvalue weighted by molar-refractivity contribution is 0.0941. The summed E-state index contributed by atoms with van der Waals surface area (Å²) in [6.07, 6.45) is 4.30. The molecule has 0 aliphatic heterocycles. The molecule has 1 heterocycles. The number of hydrogen-bond donors (Lipinski definition) is 1. The van der Waals surface area contributed by atoms with Crippen molar-refractivity contribution < 1.29 is 13.9 Å². The predicted octanol–water partition coefficient (Wildman–Crippen LogP) is 3.76. The van der Waals surface area contributed by atoms with Gasteiger partial charge in [0.15, 0.2) is 11.6 Å². The number of rotatable bonds is 9. The lowest BCUT2D eigenvalue weighted by Crippen LogP contribution is -2.25. The molecule has 0 aliphatic rings. The molecule has 2 rings (SSSR count). The summed E-state index contributed by atoms with van der Waals surface area (Å²) in [4.78, 5) is 12.2. The number of benzene rings is 1. The fraction of sp³-hybridized carbons (Fsp3) is 0.474. The Balaban J connectivity index is 1.92. The molecule has 5 nitrogen and oxygen atoms in total. The third-order valence-electron chi connectivity index (χ3n) is 3.97. The maximum Gasteiger partial charge on any atom is 0.269 e. The van der Waals surface area contributed by atoms with Gasteiger partial charge in [-0.05, 0) is 25.5 Å². The largest absolute Gasteiger partial charge is 0.491 e. The van der Waals surface area contributed by atoms with E-state index in [-0.39, 0.29) is 18.2 Å². The minimum absolute atomic E-state index is 0.0991. The number of nitrogens with zero attached hydrogens (tertiary/aromatic N) is 2. The van der Waals surface area contributed by atoms with E-state index in [9.17, 15) is 9.18 Å². The Bertz CT molecular complexity index is 713. The van der Waals surface area contributed by atoms with E-state index in [4.69, 9.17) is 4.74 Å². The molecular formula is C19H26FN3O2. The highest BCUT2D eigenvalue weighted by Gasteiger charge is 2.14. The van der Waals surface area contributed by atoms with Gasteiger partial charge >= 0.3 is 0 Å². The average Bonchev–Trinajstić information content (AvgIpc) is 2.93. The van der Waals surface area contributed by atoms with Gasteiger partial charge < -0.3 is 10.1 Å². The summed E-state index contributed by atoms with van der Waals surface area (Å²) in [6, 6.07) is 6.70. The quantitative estimate of drug-likeness (QED) is 0.703. The first kappa shape index (κ1) is 19.0. The molecular weight excluding hydrogens is 321 g/mol. The van der Waals surface area contributed by atoms with Crippen molar-refractivity contribution in [1.29, 1.82) is 0 Å². The van der Waals surface area contributed by atoms with Gasteiger partial charge in [0.2, 0.25) is 0 Å². The van der Waals surface area contributed by atoms with Crippen LogP contribution in [0.3, 0.4) is 0 Å². The van der Waals surface area contributed by atoms with E-state index in [0.717, 1.165) is 31.4 Å². The number of ether oxygens (including phenoxy) is 1. The third-order valence-corrected chi connectivity index (χ3v) is 3.97. The Kier molecular flexibility index (Phi) is 6.98. The van der Waals surface area contributed by atoms with Crippen LogP contribution in [0.1, 0.15) is 54.4 Å². The molecule has 0 spiro atoms. The molecule has 0 atom stereocenters. The van der Waals surface area contributed by atoms with Gasteiger partial charge in [0.25, 0.3) is 5.91 Å². The number of aromatic nitrogens is 2. The lowest BCUT2D eigenvalue weighted by Gasteiger charge is -2.11. The fourth-order valence-electron chi connectivity index (χ4n) is 2.60. The summed E-state index contributed by atoms with van der Waals surface area (Å²) in [5, 5.41) is 6.86. The van der Waals surface area contributed by atoms with Crippen LogP contribution in [0.15, 0.2) is 24.3 Å². The zero-order valence-corrected chi connectivity index (χ0v) is 15.1. The molecule has 0 radical (unpaired) electrons. The third kappa shape index (κ3) is 5.31. The SMILES string of the molecule is CCCCCCOc1cccc(CNC(=O)c2cc(C)nn2C)c1F. The molecule has 0 aliphatic carbocycles. The zero-order valence-electron chi connectivity index (χ0n) is 15.1. The average molecular weight is 347 g/mol. The van der Waals surface area contributed by atoms with Gasteiger partial charge in [-0.3, -0.25) is 9.48 Å². The van der Waals surface area contributed by atoms with Gasteiger partial charge in [-0.1, -0.05) is 38.3 Å². The second kappa shape index (κ2) is 9.20. The summed E-state index contributed by atoms with van der Waals surface area (Å²) in [5.74, 6) is -0.465. The smallest absolute Gasteiger partial charge is 0.269 e. The van der Waals surface area contributed by atoms with Crippen molar-refractivity contribution >= 4 is 5.91 Å². The van der Waals surface area contributed by atoms with Crippen LogP contribution in [-0.4, -0.2) is 22.3 Å². The van der Waals surface area contributed by atoms with E-state index in [0.29, 0.717) is 17.9 Å². The highest BCUT2D eigenvalue weighted by Crippen LogP contribution is 2.21. The maximum absolute atomic E-state index is 14.5. The van der Waals surface area contributed by atoms with Crippen LogP contribution in [0, 0.1) is 12.7 Å². The van der Waals surface area contributed by atoms with Crippen LogP contribution in [0.2, 0.25) is 0 Å². The number of hydrogen-bond acceptors (Lipinski definition) is 3. The van der Waals surface area contributed by atoms with E-state index in [1.807, 2.05) is 6.92 Å². The predicted molar refractivity (Wildman–Crippen MR) is 95.2 cm³/mol. The van der Waals surface area contributed by atoms with Gasteiger partial charge in [-0.25, -0.2) is 4.39 Å². The summed E-state index contributed by atoms with van der Waals surface area (Å²) < 4.78 is 21.5. The maximum atomic E-state index is 14.5. The second-order valence-electron chi connectivity index (χ2n) is 6.12. The van der Waals surface area contributed by atoms with Crippen molar-refractivity contribution in [2.75, 3.05) is 6.61 Å². The van der Waals surface area contributed by atoms with E-state index < -0.39 is 5.82 Å². The van der Waals surface area contributed by atoms with Gasteiger partial charge in [-0.15, -0.1) is 0 Å². The Morgan fingerprint density at radius 3 is 2.80 bits per heavy atom. The number of nitrogens with one attached hydrogen (secondary N) is 1. The van der Waals surface area contributed by atoms with Crippen molar-refractivity contribution in [3.63, 3.8) is 0 Å². The van der Waals surface area contributed by atoms with Crippen LogP contribution < -0.4 is 10.1 Å². The molecule has 2 aromatic rings. The number of halogens is 1. The summed E-state index contributed by atoms with van der Waals surface area (Å²) in [6.45, 7) is 4.56. The zero-order chi connectivity index (χ0) is 18.2. The van der Waals surface area contributed by atoms with Crippen molar-refractivity contribution in [3.8, 4) is 5.75 Å². The first-order valence-electron chi connectivity index (χ1n) is 8.72. The van der Waals surface area contributed by atoms with E-state index >= 15 is 0 Å². The highest BCUT2D eigenvalue weighted by atomic mass is 19.1. The minimum Gasteiger partial charge on any atom is -0.491 e. The summed E-state index contributed by atoms with van der Waals surface area (Å²) in [7, 11) is 1.70. The first-order chi connectivity index (χ1) is 12.0. The highest BCUT2D eigenvalue weighted by molar-refractivity contribution is 5.92. The summed E-state index contributed by atoms with van der Waals surface area (Å²) in [5.41, 5.74) is 1.61. The molecule has 1 N–H and O–H groups in total. The van der Waals surface area contributed by atoms with Crippen LogP contribution in [0.25, 0.3) is 0 Å². The topological polar surface area (TPSA) is 56.1 Å². The number of amides is 1.